The summed E-state index contributed by atoms with van der Waals surface area (Å²) in [5, 5.41) is 0. The van der Waals surface area contributed by atoms with E-state index < -0.39 is 0 Å². The van der Waals surface area contributed by atoms with Gasteiger partial charge in [-0.1, -0.05) is 27.7 Å². The molecule has 1 aliphatic rings. The summed E-state index contributed by atoms with van der Waals surface area (Å²) in [7, 11) is 3.56. The molecule has 1 fully saturated rings. The first-order valence-electron chi connectivity index (χ1n) is 8.45. The van der Waals surface area contributed by atoms with Gasteiger partial charge in [-0.2, -0.15) is 0 Å². The van der Waals surface area contributed by atoms with E-state index in [1.807, 2.05) is 4.90 Å². The van der Waals surface area contributed by atoms with E-state index in [0.29, 0.717) is 18.4 Å². The Labute approximate surface area is 135 Å². The molecule has 0 aliphatic carbocycles. The van der Waals surface area contributed by atoms with Crippen molar-refractivity contribution >= 4 is 11.8 Å². The summed E-state index contributed by atoms with van der Waals surface area (Å²) < 4.78 is 0. The summed E-state index contributed by atoms with van der Waals surface area (Å²) in [6.07, 6.45) is 1.85. The van der Waals surface area contributed by atoms with E-state index in [0.717, 1.165) is 32.5 Å². The molecule has 1 aliphatic heterocycles. The van der Waals surface area contributed by atoms with Crippen molar-refractivity contribution in [3.05, 3.63) is 0 Å². The average molecular weight is 311 g/mol. The summed E-state index contributed by atoms with van der Waals surface area (Å²) in [5.41, 5.74) is 0. The number of amides is 2. The highest BCUT2D eigenvalue weighted by Crippen LogP contribution is 2.19. The fraction of sp³-hybridized carbons (Fsp3) is 0.882. The van der Waals surface area contributed by atoms with E-state index in [1.165, 1.54) is 0 Å². The Bertz CT molecular complexity index is 370. The van der Waals surface area contributed by atoms with Gasteiger partial charge in [0.05, 0.1) is 12.6 Å². The molecular formula is C17H33N3O2. The molecular weight excluding hydrogens is 278 g/mol. The monoisotopic (exact) mass is 311 g/mol. The van der Waals surface area contributed by atoms with Crippen molar-refractivity contribution in [3.63, 3.8) is 0 Å². The van der Waals surface area contributed by atoms with Gasteiger partial charge < -0.3 is 9.80 Å². The maximum atomic E-state index is 12.7. The zero-order chi connectivity index (χ0) is 16.9. The number of nitrogens with zero attached hydrogens (tertiary/aromatic N) is 3. The van der Waals surface area contributed by atoms with Crippen LogP contribution in [0.15, 0.2) is 0 Å². The Morgan fingerprint density at radius 2 is 1.64 bits per heavy atom. The van der Waals surface area contributed by atoms with Crippen LogP contribution in [0.3, 0.4) is 0 Å². The molecule has 1 rings (SSSR count). The minimum absolute atomic E-state index is 0.115. The van der Waals surface area contributed by atoms with E-state index in [9.17, 15) is 9.59 Å². The van der Waals surface area contributed by atoms with Gasteiger partial charge in [0, 0.05) is 27.2 Å². The Kier molecular flexibility index (Phi) is 7.33. The lowest BCUT2D eigenvalue weighted by atomic mass is 10.1. The van der Waals surface area contributed by atoms with Crippen molar-refractivity contribution < 1.29 is 9.59 Å². The normalized spacial score (nSPS) is 19.0. The minimum Gasteiger partial charge on any atom is -0.347 e. The van der Waals surface area contributed by atoms with Crippen LogP contribution in [0, 0.1) is 11.8 Å². The highest BCUT2D eigenvalue weighted by atomic mass is 16.2. The molecule has 22 heavy (non-hydrogen) atoms. The third-order valence-corrected chi connectivity index (χ3v) is 3.95. The van der Waals surface area contributed by atoms with Gasteiger partial charge in [-0.25, -0.2) is 0 Å². The summed E-state index contributed by atoms with van der Waals surface area (Å²) in [5.74, 6) is 1.19. The van der Waals surface area contributed by atoms with Crippen molar-refractivity contribution in [2.75, 3.05) is 40.3 Å². The SMILES string of the molecule is CC(C)CN(CC(C)C)C(=O)CN1CCCC1C(=O)N(C)C. The molecule has 1 unspecified atom stereocenters. The van der Waals surface area contributed by atoms with Crippen LogP contribution >= 0.6 is 0 Å². The van der Waals surface area contributed by atoms with Crippen LogP contribution in [0.2, 0.25) is 0 Å². The van der Waals surface area contributed by atoms with Gasteiger partial charge in [0.1, 0.15) is 0 Å². The Morgan fingerprint density at radius 3 is 2.09 bits per heavy atom. The molecule has 0 aromatic carbocycles. The quantitative estimate of drug-likeness (QED) is 0.718. The maximum absolute atomic E-state index is 12.7. The van der Waals surface area contributed by atoms with Gasteiger partial charge in [0.25, 0.3) is 0 Å². The number of carbonyl (C=O) groups is 2. The van der Waals surface area contributed by atoms with Crippen molar-refractivity contribution in [1.29, 1.82) is 0 Å². The van der Waals surface area contributed by atoms with E-state index >= 15 is 0 Å². The Hall–Kier alpha value is -1.10. The van der Waals surface area contributed by atoms with E-state index in [4.69, 9.17) is 0 Å². The molecule has 0 aromatic heterocycles. The second-order valence-electron chi connectivity index (χ2n) is 7.45. The standard InChI is InChI=1S/C17H33N3O2/c1-13(2)10-20(11-14(3)4)16(21)12-19-9-7-8-15(19)17(22)18(5)6/h13-15H,7-12H2,1-6H3. The van der Waals surface area contributed by atoms with Crippen LogP contribution in [0.1, 0.15) is 40.5 Å². The van der Waals surface area contributed by atoms with Crippen LogP contribution in [0.25, 0.3) is 0 Å². The molecule has 0 spiro atoms. The molecule has 1 saturated heterocycles. The zero-order valence-electron chi connectivity index (χ0n) is 15.1. The summed E-state index contributed by atoms with van der Waals surface area (Å²) in [6, 6.07) is -0.126. The molecule has 0 aromatic rings. The molecule has 5 heteroatoms. The predicted octanol–water partition coefficient (Wildman–Crippen LogP) is 1.68. The Balaban J connectivity index is 2.68. The van der Waals surface area contributed by atoms with E-state index in [2.05, 4.69) is 32.6 Å². The third-order valence-electron chi connectivity index (χ3n) is 3.95. The van der Waals surface area contributed by atoms with Gasteiger partial charge in [0.15, 0.2) is 0 Å². The molecule has 0 radical (unpaired) electrons. The third kappa shape index (κ3) is 5.59. The van der Waals surface area contributed by atoms with Gasteiger partial charge >= 0.3 is 0 Å². The molecule has 5 nitrogen and oxygen atoms in total. The summed E-state index contributed by atoms with van der Waals surface area (Å²) in [6.45, 7) is 11.3. The van der Waals surface area contributed by atoms with Crippen LogP contribution in [-0.2, 0) is 9.59 Å². The van der Waals surface area contributed by atoms with Crippen LogP contribution in [-0.4, -0.2) is 72.8 Å². The fourth-order valence-electron chi connectivity index (χ4n) is 3.03. The van der Waals surface area contributed by atoms with Gasteiger partial charge in [-0.15, -0.1) is 0 Å². The van der Waals surface area contributed by atoms with Crippen molar-refractivity contribution in [3.8, 4) is 0 Å². The van der Waals surface area contributed by atoms with Crippen LogP contribution < -0.4 is 0 Å². The summed E-state index contributed by atoms with van der Waals surface area (Å²) in [4.78, 5) is 30.5. The van der Waals surface area contributed by atoms with E-state index in [1.54, 1.807) is 19.0 Å². The van der Waals surface area contributed by atoms with Gasteiger partial charge in [0.2, 0.25) is 11.8 Å². The Morgan fingerprint density at radius 1 is 1.09 bits per heavy atom. The lowest BCUT2D eigenvalue weighted by Crippen LogP contribution is -2.48. The first-order valence-corrected chi connectivity index (χ1v) is 8.45. The highest BCUT2D eigenvalue weighted by molar-refractivity contribution is 5.83. The fourth-order valence-corrected chi connectivity index (χ4v) is 3.03. The van der Waals surface area contributed by atoms with Crippen molar-refractivity contribution in [2.45, 2.75) is 46.6 Å². The first kappa shape index (κ1) is 18.9. The molecule has 1 heterocycles. The topological polar surface area (TPSA) is 43.9 Å². The van der Waals surface area contributed by atoms with Crippen molar-refractivity contribution in [1.82, 2.24) is 14.7 Å². The lowest BCUT2D eigenvalue weighted by molar-refractivity contribution is -0.137. The second kappa shape index (κ2) is 8.51. The number of likely N-dealkylation sites (tertiary alicyclic amines) is 1. The molecule has 0 bridgehead atoms. The summed E-state index contributed by atoms with van der Waals surface area (Å²) >= 11 is 0. The molecule has 0 saturated carbocycles. The smallest absolute Gasteiger partial charge is 0.239 e. The number of carbonyl (C=O) groups excluding carboxylic acids is 2. The molecule has 1 atom stereocenters. The number of likely N-dealkylation sites (N-methyl/N-ethyl adjacent to an activating group) is 1. The number of hydrogen-bond donors (Lipinski definition) is 0. The predicted molar refractivity (Wildman–Crippen MR) is 89.5 cm³/mol. The average Bonchev–Trinajstić information content (AvgIpc) is 2.83. The van der Waals surface area contributed by atoms with Crippen LogP contribution in [0.5, 0.6) is 0 Å². The maximum Gasteiger partial charge on any atom is 0.239 e. The zero-order valence-corrected chi connectivity index (χ0v) is 15.1. The molecule has 2 amide bonds. The molecule has 0 N–H and O–H groups in total. The van der Waals surface area contributed by atoms with E-state index in [-0.39, 0.29) is 17.9 Å². The van der Waals surface area contributed by atoms with Crippen molar-refractivity contribution in [2.24, 2.45) is 11.8 Å². The van der Waals surface area contributed by atoms with Crippen LogP contribution in [0.4, 0.5) is 0 Å². The van der Waals surface area contributed by atoms with Gasteiger partial charge in [-0.05, 0) is 31.2 Å². The minimum atomic E-state index is -0.126. The number of hydrogen-bond acceptors (Lipinski definition) is 3. The van der Waals surface area contributed by atoms with Gasteiger partial charge in [-0.3, -0.25) is 14.5 Å². The largest absolute Gasteiger partial charge is 0.347 e. The second-order valence-corrected chi connectivity index (χ2v) is 7.45. The molecule has 128 valence electrons. The highest BCUT2D eigenvalue weighted by Gasteiger charge is 2.33. The lowest BCUT2D eigenvalue weighted by Gasteiger charge is -2.31. The number of rotatable bonds is 7. The first-order chi connectivity index (χ1) is 10.2.